The minimum Gasteiger partial charge on any atom is -0.352 e. The Balaban J connectivity index is 1.39. The van der Waals surface area contributed by atoms with Gasteiger partial charge in [0.25, 0.3) is 0 Å². The fourth-order valence-corrected chi connectivity index (χ4v) is 5.44. The molecule has 1 heterocycles. The number of hydrogen-bond donors (Lipinski definition) is 1. The van der Waals surface area contributed by atoms with Gasteiger partial charge in [0.2, 0.25) is 5.91 Å². The zero-order chi connectivity index (χ0) is 21.1. The van der Waals surface area contributed by atoms with E-state index >= 15 is 0 Å². The summed E-state index contributed by atoms with van der Waals surface area (Å²) in [5.74, 6) is 1.51. The summed E-state index contributed by atoms with van der Waals surface area (Å²) in [6, 6.07) is 20.5. The van der Waals surface area contributed by atoms with Crippen molar-refractivity contribution in [3.63, 3.8) is 0 Å². The van der Waals surface area contributed by atoms with Crippen LogP contribution in [0, 0.1) is 29.1 Å². The van der Waals surface area contributed by atoms with Crippen LogP contribution in [0.4, 0.5) is 0 Å². The second-order valence-electron chi connectivity index (χ2n) is 9.26. The number of nitrogens with zero attached hydrogens (tertiary/aromatic N) is 2. The number of fused-ring (bicyclic) bond motifs is 1. The van der Waals surface area contributed by atoms with Crippen LogP contribution in [-0.2, 0) is 11.3 Å². The third-order valence-electron chi connectivity index (χ3n) is 6.83. The first-order chi connectivity index (χ1) is 14.5. The third-order valence-corrected chi connectivity index (χ3v) is 6.83. The van der Waals surface area contributed by atoms with Crippen LogP contribution in [0.3, 0.4) is 0 Å². The molecule has 1 saturated heterocycles. The summed E-state index contributed by atoms with van der Waals surface area (Å²) in [5, 5.41) is 12.6. The maximum atomic E-state index is 13.2. The average Bonchev–Trinajstić information content (AvgIpc) is 3.30. The summed E-state index contributed by atoms with van der Waals surface area (Å²) in [6.45, 7) is 7.23. The molecule has 4 nitrogen and oxygen atoms in total. The molecule has 0 radical (unpaired) electrons. The summed E-state index contributed by atoms with van der Waals surface area (Å²) in [5.41, 5.74) is 3.01. The van der Waals surface area contributed by atoms with Gasteiger partial charge in [0, 0.05) is 25.7 Å². The molecule has 1 N–H and O–H groups in total. The van der Waals surface area contributed by atoms with Crippen molar-refractivity contribution in [1.29, 1.82) is 5.26 Å². The Morgan fingerprint density at radius 1 is 1.13 bits per heavy atom. The normalized spacial score (nSPS) is 24.4. The quantitative estimate of drug-likeness (QED) is 0.784. The van der Waals surface area contributed by atoms with Crippen LogP contribution >= 0.6 is 0 Å². The van der Waals surface area contributed by atoms with Gasteiger partial charge in [0.05, 0.1) is 17.6 Å². The number of hydrogen-bond acceptors (Lipinski definition) is 3. The molecule has 1 saturated carbocycles. The summed E-state index contributed by atoms with van der Waals surface area (Å²) in [7, 11) is 0. The molecule has 0 spiro atoms. The molecule has 4 atom stereocenters. The number of carbonyl (C=O) groups is 1. The first-order valence-corrected chi connectivity index (χ1v) is 11.1. The fraction of sp³-hybridized carbons (Fsp3) is 0.462. The molecule has 156 valence electrons. The number of likely N-dealkylation sites (tertiary alicyclic amines) is 1. The molecule has 4 rings (SSSR count). The minimum atomic E-state index is -0.100. The van der Waals surface area contributed by atoms with Gasteiger partial charge in [0.15, 0.2) is 0 Å². The Morgan fingerprint density at radius 2 is 1.93 bits per heavy atom. The van der Waals surface area contributed by atoms with Crippen LogP contribution in [0.15, 0.2) is 54.6 Å². The standard InChI is InChI=1S/C26H31N3O/c1-18(2)25(21-9-4-3-5-10-21)26(30)28-24-12-11-22-16-29(17-23(22)24)15-20-8-6-7-19(13-20)14-27/h3-10,13,18,22-25H,11-12,15-17H2,1-2H3,(H,28,30)/t22-,23+,24+,25?/m1/s1. The van der Waals surface area contributed by atoms with Crippen molar-refractivity contribution >= 4 is 5.91 Å². The first kappa shape index (κ1) is 20.6. The fourth-order valence-electron chi connectivity index (χ4n) is 5.44. The Kier molecular flexibility index (Phi) is 6.20. The predicted molar refractivity (Wildman–Crippen MR) is 119 cm³/mol. The van der Waals surface area contributed by atoms with E-state index in [4.69, 9.17) is 5.26 Å². The monoisotopic (exact) mass is 401 g/mol. The Bertz CT molecular complexity index is 917. The highest BCUT2D eigenvalue weighted by molar-refractivity contribution is 5.84. The van der Waals surface area contributed by atoms with Crippen molar-refractivity contribution in [1.82, 2.24) is 10.2 Å². The highest BCUT2D eigenvalue weighted by Gasteiger charge is 2.43. The molecule has 4 heteroatoms. The topological polar surface area (TPSA) is 56.1 Å². The van der Waals surface area contributed by atoms with Gasteiger partial charge < -0.3 is 5.32 Å². The van der Waals surface area contributed by atoms with Gasteiger partial charge in [-0.05, 0) is 53.9 Å². The first-order valence-electron chi connectivity index (χ1n) is 11.1. The van der Waals surface area contributed by atoms with Gasteiger partial charge in [-0.1, -0.05) is 56.3 Å². The average molecular weight is 402 g/mol. The Morgan fingerprint density at radius 3 is 2.67 bits per heavy atom. The van der Waals surface area contributed by atoms with Crippen LogP contribution in [0.2, 0.25) is 0 Å². The van der Waals surface area contributed by atoms with Gasteiger partial charge in [0.1, 0.15) is 0 Å². The van der Waals surface area contributed by atoms with Crippen LogP contribution in [0.25, 0.3) is 0 Å². The second kappa shape index (κ2) is 9.02. The highest BCUT2D eigenvalue weighted by atomic mass is 16.2. The van der Waals surface area contributed by atoms with Gasteiger partial charge >= 0.3 is 0 Å². The van der Waals surface area contributed by atoms with E-state index in [0.717, 1.165) is 37.2 Å². The highest BCUT2D eigenvalue weighted by Crippen LogP contribution is 2.39. The Hall–Kier alpha value is -2.64. The van der Waals surface area contributed by atoms with E-state index in [9.17, 15) is 4.79 Å². The molecule has 0 bridgehead atoms. The second-order valence-corrected chi connectivity index (χ2v) is 9.26. The van der Waals surface area contributed by atoms with E-state index in [1.165, 1.54) is 12.0 Å². The van der Waals surface area contributed by atoms with Crippen molar-refractivity contribution in [3.05, 3.63) is 71.3 Å². The van der Waals surface area contributed by atoms with Crippen molar-refractivity contribution in [3.8, 4) is 6.07 Å². The number of rotatable bonds is 6. The predicted octanol–water partition coefficient (Wildman–Crippen LogP) is 4.32. The summed E-state index contributed by atoms with van der Waals surface area (Å²) >= 11 is 0. The molecule has 1 aliphatic heterocycles. The minimum absolute atomic E-state index is 0.100. The molecule has 0 aromatic heterocycles. The lowest BCUT2D eigenvalue weighted by Gasteiger charge is -2.26. The number of nitriles is 1. The zero-order valence-corrected chi connectivity index (χ0v) is 17.9. The number of benzene rings is 2. The largest absolute Gasteiger partial charge is 0.352 e. The molecule has 2 aromatic rings. The molecule has 2 aromatic carbocycles. The maximum absolute atomic E-state index is 13.2. The smallest absolute Gasteiger partial charge is 0.228 e. The van der Waals surface area contributed by atoms with Crippen LogP contribution in [0.1, 0.15) is 49.3 Å². The zero-order valence-electron chi connectivity index (χ0n) is 17.9. The van der Waals surface area contributed by atoms with E-state index in [1.54, 1.807) is 0 Å². The van der Waals surface area contributed by atoms with Gasteiger partial charge in [-0.3, -0.25) is 9.69 Å². The number of amides is 1. The number of nitrogens with one attached hydrogen (secondary N) is 1. The van der Waals surface area contributed by atoms with Gasteiger partial charge in [-0.15, -0.1) is 0 Å². The van der Waals surface area contributed by atoms with Crippen molar-refractivity contribution in [2.75, 3.05) is 13.1 Å². The maximum Gasteiger partial charge on any atom is 0.228 e. The van der Waals surface area contributed by atoms with Crippen LogP contribution in [0.5, 0.6) is 0 Å². The van der Waals surface area contributed by atoms with E-state index < -0.39 is 0 Å². The lowest BCUT2D eigenvalue weighted by Crippen LogP contribution is -2.43. The summed E-state index contributed by atoms with van der Waals surface area (Å²) in [4.78, 5) is 15.7. The Labute approximate surface area is 179 Å². The van der Waals surface area contributed by atoms with Crippen molar-refractivity contribution in [2.24, 2.45) is 17.8 Å². The van der Waals surface area contributed by atoms with Crippen molar-refractivity contribution < 1.29 is 4.79 Å². The third kappa shape index (κ3) is 4.42. The lowest BCUT2D eigenvalue weighted by atomic mass is 9.87. The lowest BCUT2D eigenvalue weighted by molar-refractivity contribution is -0.124. The molecule has 1 amide bonds. The van der Waals surface area contributed by atoms with Gasteiger partial charge in [-0.25, -0.2) is 0 Å². The molecular formula is C26H31N3O. The van der Waals surface area contributed by atoms with Crippen molar-refractivity contribution in [2.45, 2.75) is 45.2 Å². The van der Waals surface area contributed by atoms with E-state index in [1.807, 2.05) is 36.4 Å². The van der Waals surface area contributed by atoms with Crippen LogP contribution in [-0.4, -0.2) is 29.9 Å². The molecule has 1 unspecified atom stereocenters. The molecule has 2 aliphatic rings. The van der Waals surface area contributed by atoms with Crippen LogP contribution < -0.4 is 5.32 Å². The molecule has 2 fully saturated rings. The molecule has 1 aliphatic carbocycles. The van der Waals surface area contributed by atoms with E-state index in [0.29, 0.717) is 11.8 Å². The molecule has 30 heavy (non-hydrogen) atoms. The molecular weight excluding hydrogens is 370 g/mol. The number of carbonyl (C=O) groups excluding carboxylic acids is 1. The SMILES string of the molecule is CC(C)C(C(=O)N[C@H]1CC[C@@H]2CN(Cc3cccc(C#N)c3)C[C@@H]21)c1ccccc1. The van der Waals surface area contributed by atoms with Gasteiger partial charge in [-0.2, -0.15) is 5.26 Å². The summed E-state index contributed by atoms with van der Waals surface area (Å²) in [6.07, 6.45) is 2.26. The summed E-state index contributed by atoms with van der Waals surface area (Å²) < 4.78 is 0. The van der Waals surface area contributed by atoms with E-state index in [2.05, 4.69) is 48.3 Å². The van der Waals surface area contributed by atoms with E-state index in [-0.39, 0.29) is 23.8 Å².